The molecule has 2 aromatic carbocycles. The summed E-state index contributed by atoms with van der Waals surface area (Å²) in [6.45, 7) is 1.95. The third-order valence-corrected chi connectivity index (χ3v) is 4.44. The van der Waals surface area contributed by atoms with E-state index >= 15 is 0 Å². The molecule has 0 radical (unpaired) electrons. The van der Waals surface area contributed by atoms with Gasteiger partial charge in [-0.3, -0.25) is 9.59 Å². The minimum absolute atomic E-state index is 0.000691. The maximum Gasteiger partial charge on any atom is 0.227 e. The van der Waals surface area contributed by atoms with Crippen molar-refractivity contribution in [3.63, 3.8) is 0 Å². The lowest BCUT2D eigenvalue weighted by atomic mass is 10.1. The summed E-state index contributed by atoms with van der Waals surface area (Å²) in [5.41, 5.74) is 3.74. The molecule has 1 saturated carbocycles. The van der Waals surface area contributed by atoms with E-state index in [4.69, 9.17) is 0 Å². The molecule has 0 aromatic heterocycles. The van der Waals surface area contributed by atoms with Crippen molar-refractivity contribution in [3.8, 4) is 0 Å². The summed E-state index contributed by atoms with van der Waals surface area (Å²) in [6.07, 6.45) is 4.13. The van der Waals surface area contributed by atoms with Crippen LogP contribution in [0.1, 0.15) is 36.8 Å². The Kier molecular flexibility index (Phi) is 5.49. The van der Waals surface area contributed by atoms with Crippen LogP contribution in [-0.4, -0.2) is 11.8 Å². The van der Waals surface area contributed by atoms with Crippen molar-refractivity contribution in [2.24, 2.45) is 5.92 Å². The van der Waals surface area contributed by atoms with Crippen LogP contribution in [0.4, 0.5) is 11.4 Å². The van der Waals surface area contributed by atoms with Crippen molar-refractivity contribution >= 4 is 23.2 Å². The van der Waals surface area contributed by atoms with E-state index in [2.05, 4.69) is 22.8 Å². The zero-order valence-electron chi connectivity index (χ0n) is 14.5. The van der Waals surface area contributed by atoms with Crippen LogP contribution >= 0.6 is 0 Å². The molecule has 0 spiro atoms. The average molecular weight is 336 g/mol. The lowest BCUT2D eigenvalue weighted by Gasteiger charge is -2.11. The van der Waals surface area contributed by atoms with Gasteiger partial charge in [-0.2, -0.15) is 0 Å². The van der Waals surface area contributed by atoms with E-state index in [1.807, 2.05) is 43.3 Å². The molecule has 0 saturated heterocycles. The Hall–Kier alpha value is -2.62. The van der Waals surface area contributed by atoms with Gasteiger partial charge in [-0.05, 0) is 55.9 Å². The number of rotatable bonds is 7. The predicted molar refractivity (Wildman–Crippen MR) is 101 cm³/mol. The molecule has 0 atom stereocenters. The first-order chi connectivity index (χ1) is 12.1. The summed E-state index contributed by atoms with van der Waals surface area (Å²) in [5, 5.41) is 5.88. The molecule has 3 rings (SSSR count). The SMILES string of the molecule is Cc1ccc(NC(=O)CCCc2ccccc2)cc1NC(=O)C1CC1. The van der Waals surface area contributed by atoms with Gasteiger partial charge < -0.3 is 10.6 Å². The van der Waals surface area contributed by atoms with Gasteiger partial charge in [0.25, 0.3) is 0 Å². The van der Waals surface area contributed by atoms with E-state index in [-0.39, 0.29) is 17.7 Å². The molecule has 1 fully saturated rings. The Morgan fingerprint density at radius 2 is 1.80 bits per heavy atom. The van der Waals surface area contributed by atoms with Crippen molar-refractivity contribution in [3.05, 3.63) is 59.7 Å². The fraction of sp³-hybridized carbons (Fsp3) is 0.333. The monoisotopic (exact) mass is 336 g/mol. The molecule has 4 heteroatoms. The Balaban J connectivity index is 1.51. The number of carbonyl (C=O) groups excluding carboxylic acids is 2. The zero-order valence-corrected chi connectivity index (χ0v) is 14.5. The molecular formula is C21H24N2O2. The van der Waals surface area contributed by atoms with E-state index in [1.54, 1.807) is 0 Å². The minimum Gasteiger partial charge on any atom is -0.326 e. The second-order valence-electron chi connectivity index (χ2n) is 6.68. The molecule has 2 amide bonds. The molecule has 0 aliphatic heterocycles. The first kappa shape index (κ1) is 17.2. The summed E-state index contributed by atoms with van der Waals surface area (Å²) in [7, 11) is 0. The lowest BCUT2D eigenvalue weighted by Crippen LogP contribution is -2.15. The van der Waals surface area contributed by atoms with Gasteiger partial charge in [0.05, 0.1) is 0 Å². The van der Waals surface area contributed by atoms with E-state index < -0.39 is 0 Å². The Morgan fingerprint density at radius 3 is 2.52 bits per heavy atom. The van der Waals surface area contributed by atoms with Gasteiger partial charge >= 0.3 is 0 Å². The normalized spacial score (nSPS) is 13.3. The molecule has 130 valence electrons. The van der Waals surface area contributed by atoms with Gasteiger partial charge in [-0.1, -0.05) is 36.4 Å². The number of carbonyl (C=O) groups is 2. The highest BCUT2D eigenvalue weighted by Crippen LogP contribution is 2.31. The summed E-state index contributed by atoms with van der Waals surface area (Å²) in [5.74, 6) is 0.240. The zero-order chi connectivity index (χ0) is 17.6. The number of aryl methyl sites for hydroxylation is 2. The maximum absolute atomic E-state index is 12.1. The van der Waals surface area contributed by atoms with Gasteiger partial charge in [0.1, 0.15) is 0 Å². The largest absolute Gasteiger partial charge is 0.326 e. The average Bonchev–Trinajstić information content (AvgIpc) is 3.44. The molecule has 0 heterocycles. The van der Waals surface area contributed by atoms with Crippen LogP contribution in [0, 0.1) is 12.8 Å². The molecular weight excluding hydrogens is 312 g/mol. The van der Waals surface area contributed by atoms with E-state index in [0.717, 1.165) is 42.6 Å². The first-order valence-corrected chi connectivity index (χ1v) is 8.87. The van der Waals surface area contributed by atoms with Crippen LogP contribution in [0.3, 0.4) is 0 Å². The number of benzene rings is 2. The number of hydrogen-bond donors (Lipinski definition) is 2. The fourth-order valence-electron chi connectivity index (χ4n) is 2.74. The summed E-state index contributed by atoms with van der Waals surface area (Å²) in [4.78, 5) is 24.1. The van der Waals surface area contributed by atoms with Crippen molar-refractivity contribution in [1.82, 2.24) is 0 Å². The van der Waals surface area contributed by atoms with Gasteiger partial charge in [-0.15, -0.1) is 0 Å². The molecule has 25 heavy (non-hydrogen) atoms. The minimum atomic E-state index is -0.000691. The number of amides is 2. The van der Waals surface area contributed by atoms with E-state index in [9.17, 15) is 9.59 Å². The van der Waals surface area contributed by atoms with E-state index in [0.29, 0.717) is 6.42 Å². The quantitative estimate of drug-likeness (QED) is 0.792. The van der Waals surface area contributed by atoms with Crippen molar-refractivity contribution in [2.45, 2.75) is 39.0 Å². The third kappa shape index (κ3) is 5.18. The maximum atomic E-state index is 12.1. The third-order valence-electron chi connectivity index (χ3n) is 4.44. The van der Waals surface area contributed by atoms with Crippen molar-refractivity contribution in [2.75, 3.05) is 10.6 Å². The van der Waals surface area contributed by atoms with Crippen LogP contribution in [-0.2, 0) is 16.0 Å². The number of anilines is 2. The Labute approximate surface area is 148 Å². The smallest absolute Gasteiger partial charge is 0.227 e. The molecule has 0 unspecified atom stereocenters. The topological polar surface area (TPSA) is 58.2 Å². The molecule has 0 bridgehead atoms. The first-order valence-electron chi connectivity index (χ1n) is 8.87. The second kappa shape index (κ2) is 7.97. The van der Waals surface area contributed by atoms with Gasteiger partial charge in [-0.25, -0.2) is 0 Å². The summed E-state index contributed by atoms with van der Waals surface area (Å²) >= 11 is 0. The molecule has 2 aromatic rings. The van der Waals surface area contributed by atoms with Crippen LogP contribution in [0.5, 0.6) is 0 Å². The highest BCUT2D eigenvalue weighted by atomic mass is 16.2. The highest BCUT2D eigenvalue weighted by molar-refractivity contribution is 5.96. The fourth-order valence-corrected chi connectivity index (χ4v) is 2.74. The van der Waals surface area contributed by atoms with Crippen LogP contribution in [0.2, 0.25) is 0 Å². The predicted octanol–water partition coefficient (Wildman–Crippen LogP) is 4.30. The van der Waals surface area contributed by atoms with Crippen molar-refractivity contribution in [1.29, 1.82) is 0 Å². The Morgan fingerprint density at radius 1 is 1.04 bits per heavy atom. The standard InChI is InChI=1S/C21H24N2O2/c1-15-10-13-18(14-19(15)23-21(25)17-11-12-17)22-20(24)9-5-8-16-6-3-2-4-7-16/h2-4,6-7,10,13-14,17H,5,8-9,11-12H2,1H3,(H,22,24)(H,23,25). The van der Waals surface area contributed by atoms with Gasteiger partial charge in [0, 0.05) is 23.7 Å². The highest BCUT2D eigenvalue weighted by Gasteiger charge is 2.29. The van der Waals surface area contributed by atoms with Crippen LogP contribution < -0.4 is 10.6 Å². The molecule has 1 aliphatic carbocycles. The summed E-state index contributed by atoms with van der Waals surface area (Å²) < 4.78 is 0. The van der Waals surface area contributed by atoms with Crippen LogP contribution in [0.15, 0.2) is 48.5 Å². The van der Waals surface area contributed by atoms with E-state index in [1.165, 1.54) is 5.56 Å². The van der Waals surface area contributed by atoms with Crippen molar-refractivity contribution < 1.29 is 9.59 Å². The lowest BCUT2D eigenvalue weighted by molar-refractivity contribution is -0.117. The summed E-state index contributed by atoms with van der Waals surface area (Å²) in [6, 6.07) is 15.8. The second-order valence-corrected chi connectivity index (χ2v) is 6.68. The van der Waals surface area contributed by atoms with Gasteiger partial charge in [0.2, 0.25) is 11.8 Å². The molecule has 4 nitrogen and oxygen atoms in total. The van der Waals surface area contributed by atoms with Crippen LogP contribution in [0.25, 0.3) is 0 Å². The molecule has 1 aliphatic rings. The number of nitrogens with one attached hydrogen (secondary N) is 2. The Bertz CT molecular complexity index is 752. The van der Waals surface area contributed by atoms with Gasteiger partial charge in [0.15, 0.2) is 0 Å². The molecule has 2 N–H and O–H groups in total. The number of hydrogen-bond acceptors (Lipinski definition) is 2.